The maximum atomic E-state index is 6.21. The molecule has 0 aliphatic heterocycles. The molecule has 3 aromatic carbocycles. The van der Waals surface area contributed by atoms with Gasteiger partial charge in [-0.3, -0.25) is 0 Å². The van der Waals surface area contributed by atoms with Gasteiger partial charge in [-0.15, -0.1) is 0 Å². The van der Waals surface area contributed by atoms with E-state index >= 15 is 0 Å². The number of hydrogen-bond acceptors (Lipinski definition) is 3. The predicted octanol–water partition coefficient (Wildman–Crippen LogP) is 6.53. The summed E-state index contributed by atoms with van der Waals surface area (Å²) >= 11 is 0. The molecule has 0 radical (unpaired) electrons. The van der Waals surface area contributed by atoms with E-state index in [9.17, 15) is 0 Å². The average molecular weight is 385 g/mol. The van der Waals surface area contributed by atoms with E-state index in [1.807, 2.05) is 0 Å². The first-order valence-electron chi connectivity index (χ1n) is 10.6. The van der Waals surface area contributed by atoms with Gasteiger partial charge in [-0.1, -0.05) is 36.4 Å². The number of nitrogens with zero attached hydrogens (tertiary/aromatic N) is 1. The number of hydrogen-bond donors (Lipinski definition) is 1. The van der Waals surface area contributed by atoms with Gasteiger partial charge in [0.15, 0.2) is 0 Å². The van der Waals surface area contributed by atoms with E-state index in [2.05, 4.69) is 91.8 Å². The smallest absolute Gasteiger partial charge is 0.134 e. The van der Waals surface area contributed by atoms with Crippen LogP contribution in [-0.4, -0.2) is 24.0 Å². The summed E-state index contributed by atoms with van der Waals surface area (Å²) < 4.78 is 6.21. The fourth-order valence-electron chi connectivity index (χ4n) is 4.60. The van der Waals surface area contributed by atoms with E-state index < -0.39 is 0 Å². The first-order chi connectivity index (χ1) is 14.1. The summed E-state index contributed by atoms with van der Waals surface area (Å²) in [5.74, 6) is 1.18. The standard InChI is InChI=1S/C26H28N2O/c1-17(2)28(3)20-12-14-26-23(16-20)22-15-19(11-13-25(22)29-26)27-24-10-6-8-18-7-4-5-9-21(18)24/h4-11,13,15,17,20,27H,12,14,16H2,1-3H3. The lowest BCUT2D eigenvalue weighted by Gasteiger charge is -2.33. The van der Waals surface area contributed by atoms with Crippen LogP contribution in [0.5, 0.6) is 0 Å². The Morgan fingerprint density at radius 2 is 1.83 bits per heavy atom. The second-order valence-corrected chi connectivity index (χ2v) is 8.52. The Kier molecular flexibility index (Phi) is 4.56. The number of aryl methyl sites for hydroxylation is 1. The van der Waals surface area contributed by atoms with Crippen molar-refractivity contribution in [3.63, 3.8) is 0 Å². The molecule has 1 unspecified atom stereocenters. The van der Waals surface area contributed by atoms with Gasteiger partial charge in [-0.05, 0) is 63.4 Å². The molecule has 1 atom stereocenters. The molecule has 0 fully saturated rings. The maximum absolute atomic E-state index is 6.21. The number of benzene rings is 3. The Bertz CT molecular complexity index is 1170. The normalized spacial score (nSPS) is 16.7. The monoisotopic (exact) mass is 384 g/mol. The zero-order valence-corrected chi connectivity index (χ0v) is 17.4. The highest BCUT2D eigenvalue weighted by Crippen LogP contribution is 2.36. The van der Waals surface area contributed by atoms with Gasteiger partial charge in [0, 0.05) is 46.2 Å². The first-order valence-corrected chi connectivity index (χ1v) is 10.6. The van der Waals surface area contributed by atoms with Crippen molar-refractivity contribution in [2.75, 3.05) is 12.4 Å². The number of rotatable bonds is 4. The molecule has 29 heavy (non-hydrogen) atoms. The quantitative estimate of drug-likeness (QED) is 0.434. The van der Waals surface area contributed by atoms with Crippen LogP contribution in [0.4, 0.5) is 11.4 Å². The van der Waals surface area contributed by atoms with E-state index in [1.54, 1.807) is 0 Å². The third-order valence-electron chi connectivity index (χ3n) is 6.48. The van der Waals surface area contributed by atoms with Crippen LogP contribution in [0.1, 0.15) is 31.6 Å². The summed E-state index contributed by atoms with van der Waals surface area (Å²) in [6.45, 7) is 4.55. The Hall–Kier alpha value is -2.78. The Balaban J connectivity index is 1.50. The maximum Gasteiger partial charge on any atom is 0.134 e. The number of likely N-dealkylation sites (N-methyl/N-ethyl adjacent to an activating group) is 1. The minimum atomic E-state index is 0.559. The SMILES string of the molecule is CC(C)N(C)C1CCc2oc3ccc(Nc4cccc5ccccc45)cc3c2C1. The highest BCUT2D eigenvalue weighted by atomic mass is 16.3. The summed E-state index contributed by atoms with van der Waals surface area (Å²) in [5.41, 5.74) is 4.64. The van der Waals surface area contributed by atoms with Crippen molar-refractivity contribution in [3.05, 3.63) is 72.0 Å². The molecule has 5 rings (SSSR count). The fourth-order valence-corrected chi connectivity index (χ4v) is 4.60. The molecule has 4 aromatic rings. The molecule has 3 nitrogen and oxygen atoms in total. The molecule has 1 aliphatic rings. The summed E-state index contributed by atoms with van der Waals surface area (Å²) in [6, 6.07) is 22.5. The number of nitrogens with one attached hydrogen (secondary N) is 1. The van der Waals surface area contributed by atoms with Crippen molar-refractivity contribution >= 4 is 33.1 Å². The molecule has 148 valence electrons. The minimum Gasteiger partial charge on any atom is -0.461 e. The van der Waals surface area contributed by atoms with Gasteiger partial charge in [-0.25, -0.2) is 0 Å². The van der Waals surface area contributed by atoms with E-state index in [1.165, 1.54) is 33.9 Å². The van der Waals surface area contributed by atoms with Crippen LogP contribution in [0, 0.1) is 0 Å². The van der Waals surface area contributed by atoms with Crippen LogP contribution in [0.2, 0.25) is 0 Å². The van der Waals surface area contributed by atoms with Crippen LogP contribution >= 0.6 is 0 Å². The van der Waals surface area contributed by atoms with Crippen LogP contribution < -0.4 is 5.32 Å². The second-order valence-electron chi connectivity index (χ2n) is 8.52. The largest absolute Gasteiger partial charge is 0.461 e. The molecule has 1 aromatic heterocycles. The van der Waals surface area contributed by atoms with Gasteiger partial charge < -0.3 is 14.6 Å². The highest BCUT2D eigenvalue weighted by molar-refractivity contribution is 5.96. The van der Waals surface area contributed by atoms with Gasteiger partial charge in [0.2, 0.25) is 0 Å². The average Bonchev–Trinajstić information content (AvgIpc) is 3.10. The molecule has 0 bridgehead atoms. The van der Waals surface area contributed by atoms with Crippen LogP contribution in [0.25, 0.3) is 21.7 Å². The van der Waals surface area contributed by atoms with Crippen LogP contribution in [-0.2, 0) is 12.8 Å². The van der Waals surface area contributed by atoms with Crippen molar-refractivity contribution in [2.45, 2.75) is 45.2 Å². The third kappa shape index (κ3) is 3.30. The number of furan rings is 1. The predicted molar refractivity (Wildman–Crippen MR) is 122 cm³/mol. The van der Waals surface area contributed by atoms with Crippen molar-refractivity contribution in [1.29, 1.82) is 0 Å². The summed E-state index contributed by atoms with van der Waals surface area (Å²) in [6.07, 6.45) is 3.26. The van der Waals surface area contributed by atoms with Gasteiger partial charge in [-0.2, -0.15) is 0 Å². The van der Waals surface area contributed by atoms with Gasteiger partial charge in [0.25, 0.3) is 0 Å². The second kappa shape index (κ2) is 7.23. The van der Waals surface area contributed by atoms with E-state index in [0.29, 0.717) is 12.1 Å². The zero-order valence-electron chi connectivity index (χ0n) is 17.4. The number of fused-ring (bicyclic) bond motifs is 4. The molecular weight excluding hydrogens is 356 g/mol. The summed E-state index contributed by atoms with van der Waals surface area (Å²) in [4.78, 5) is 2.50. The van der Waals surface area contributed by atoms with Gasteiger partial charge in [0.05, 0.1) is 0 Å². The molecule has 1 heterocycles. The first kappa shape index (κ1) is 18.3. The van der Waals surface area contributed by atoms with Crippen molar-refractivity contribution in [2.24, 2.45) is 0 Å². The Morgan fingerprint density at radius 3 is 2.69 bits per heavy atom. The Labute approximate surface area is 172 Å². The highest BCUT2D eigenvalue weighted by Gasteiger charge is 2.27. The van der Waals surface area contributed by atoms with Crippen molar-refractivity contribution in [3.8, 4) is 0 Å². The zero-order chi connectivity index (χ0) is 20.0. The third-order valence-corrected chi connectivity index (χ3v) is 6.48. The summed E-state index contributed by atoms with van der Waals surface area (Å²) in [5, 5.41) is 7.38. The molecule has 0 amide bonds. The molecule has 1 aliphatic carbocycles. The summed E-state index contributed by atoms with van der Waals surface area (Å²) in [7, 11) is 2.25. The lowest BCUT2D eigenvalue weighted by Crippen LogP contribution is -2.40. The van der Waals surface area contributed by atoms with Gasteiger partial charge >= 0.3 is 0 Å². The van der Waals surface area contributed by atoms with E-state index in [0.717, 1.165) is 29.8 Å². The topological polar surface area (TPSA) is 28.4 Å². The van der Waals surface area contributed by atoms with Crippen molar-refractivity contribution in [1.82, 2.24) is 4.90 Å². The number of anilines is 2. The fraction of sp³-hybridized carbons (Fsp3) is 0.308. The van der Waals surface area contributed by atoms with Gasteiger partial charge in [0.1, 0.15) is 11.3 Å². The molecule has 0 saturated carbocycles. The molecule has 1 N–H and O–H groups in total. The lowest BCUT2D eigenvalue weighted by molar-refractivity contribution is 0.176. The van der Waals surface area contributed by atoms with Crippen molar-refractivity contribution < 1.29 is 4.42 Å². The molecule has 0 spiro atoms. The van der Waals surface area contributed by atoms with Crippen LogP contribution in [0.3, 0.4) is 0 Å². The lowest BCUT2D eigenvalue weighted by atomic mass is 9.90. The van der Waals surface area contributed by atoms with E-state index in [4.69, 9.17) is 4.42 Å². The minimum absolute atomic E-state index is 0.559. The molecule has 3 heteroatoms. The molecular formula is C26H28N2O. The Morgan fingerprint density at radius 1 is 1.00 bits per heavy atom. The molecule has 0 saturated heterocycles. The van der Waals surface area contributed by atoms with E-state index in [-0.39, 0.29) is 0 Å². The van der Waals surface area contributed by atoms with Crippen LogP contribution in [0.15, 0.2) is 65.1 Å².